The molecule has 2 aliphatic carbocycles. The van der Waals surface area contributed by atoms with Gasteiger partial charge in [0, 0.05) is 10.9 Å². The van der Waals surface area contributed by atoms with Gasteiger partial charge in [0.05, 0.1) is 41.7 Å². The van der Waals surface area contributed by atoms with E-state index in [0.717, 1.165) is 11.1 Å². The van der Waals surface area contributed by atoms with Crippen molar-refractivity contribution < 1.29 is 29.0 Å². The Hall–Kier alpha value is -4.43. The summed E-state index contributed by atoms with van der Waals surface area (Å²) in [5, 5.41) is 11.3. The summed E-state index contributed by atoms with van der Waals surface area (Å²) < 4.78 is 5.28. The van der Waals surface area contributed by atoms with Crippen molar-refractivity contribution in [1.82, 2.24) is 0 Å². The molecule has 1 saturated carbocycles. The molecule has 224 valence electrons. The second-order valence-corrected chi connectivity index (χ2v) is 12.8. The lowest BCUT2D eigenvalue weighted by Gasteiger charge is -2.49. The predicted octanol–water partition coefficient (Wildman–Crippen LogP) is 5.80. The number of ether oxygens (including phenoxy) is 1. The normalized spacial score (nSPS) is 29.4. The maximum absolute atomic E-state index is 14.4. The number of phenols is 1. The summed E-state index contributed by atoms with van der Waals surface area (Å²) in [5.74, 6) is -4.21. The number of hydrogen-bond acceptors (Lipinski definition) is 6. The van der Waals surface area contributed by atoms with Crippen LogP contribution in [0.4, 0.5) is 11.4 Å². The minimum Gasteiger partial charge on any atom is -0.504 e. The first-order valence-corrected chi connectivity index (χ1v) is 15.1. The third kappa shape index (κ3) is 3.83. The van der Waals surface area contributed by atoms with Gasteiger partial charge in [0.25, 0.3) is 0 Å². The number of nitrogens with zero attached hydrogens (tertiary/aromatic N) is 2. The van der Waals surface area contributed by atoms with Gasteiger partial charge in [-0.05, 0) is 80.1 Å². The summed E-state index contributed by atoms with van der Waals surface area (Å²) >= 11 is 6.38. The summed E-state index contributed by atoms with van der Waals surface area (Å²) in [5.41, 5.74) is 2.03. The number of fused-ring (bicyclic) bond motifs is 4. The molecule has 0 radical (unpaired) electrons. The minimum atomic E-state index is -1.20. The van der Waals surface area contributed by atoms with Gasteiger partial charge < -0.3 is 9.84 Å². The van der Waals surface area contributed by atoms with Crippen molar-refractivity contribution >= 4 is 46.6 Å². The lowest BCUT2D eigenvalue weighted by atomic mass is 9.51. The van der Waals surface area contributed by atoms with Crippen LogP contribution in [0.5, 0.6) is 11.5 Å². The molecule has 6 atom stereocenters. The van der Waals surface area contributed by atoms with E-state index < -0.39 is 35.0 Å². The standard InChI is InChI=1S/C35H31ClN2O6/c1-18-9-11-21(16-26(18)36)37-31(40)23-13-12-22-24(29(23)33(37)42)17-25-32(41)38(20-7-5-4-6-8-20)34(43)35(25,2)30(22)19-10-14-28(44-3)27(39)15-19/h4-12,14-16,23-25,29-30,39H,13,17H2,1-3H3. The van der Waals surface area contributed by atoms with Gasteiger partial charge in [-0.2, -0.15) is 0 Å². The van der Waals surface area contributed by atoms with Gasteiger partial charge in [0.1, 0.15) is 0 Å². The Morgan fingerprint density at radius 3 is 2.32 bits per heavy atom. The van der Waals surface area contributed by atoms with Gasteiger partial charge in [-0.3, -0.25) is 19.2 Å². The highest BCUT2D eigenvalue weighted by molar-refractivity contribution is 6.32. The van der Waals surface area contributed by atoms with Crippen LogP contribution in [-0.4, -0.2) is 35.8 Å². The average Bonchev–Trinajstić information content (AvgIpc) is 3.38. The van der Waals surface area contributed by atoms with Crippen LogP contribution in [0, 0.1) is 36.0 Å². The molecule has 2 aliphatic heterocycles. The lowest BCUT2D eigenvalue weighted by Crippen LogP contribution is -2.48. The number of phenolic OH excluding ortho intramolecular Hbond substituents is 1. The Labute approximate surface area is 259 Å². The Morgan fingerprint density at radius 2 is 1.64 bits per heavy atom. The molecule has 0 bridgehead atoms. The molecule has 9 heteroatoms. The topological polar surface area (TPSA) is 104 Å². The van der Waals surface area contributed by atoms with E-state index in [1.54, 1.807) is 60.7 Å². The van der Waals surface area contributed by atoms with E-state index in [1.165, 1.54) is 16.9 Å². The molecule has 2 heterocycles. The molecular weight excluding hydrogens is 580 g/mol. The van der Waals surface area contributed by atoms with Crippen LogP contribution in [0.25, 0.3) is 0 Å². The number of aromatic hydroxyl groups is 1. The zero-order chi connectivity index (χ0) is 31.1. The van der Waals surface area contributed by atoms with Crippen molar-refractivity contribution in [2.45, 2.75) is 32.6 Å². The van der Waals surface area contributed by atoms with E-state index in [4.69, 9.17) is 16.3 Å². The number of anilines is 2. The van der Waals surface area contributed by atoms with Crippen LogP contribution < -0.4 is 14.5 Å². The van der Waals surface area contributed by atoms with Gasteiger partial charge >= 0.3 is 0 Å². The Bertz CT molecular complexity index is 1790. The number of para-hydroxylation sites is 1. The summed E-state index contributed by atoms with van der Waals surface area (Å²) in [6.45, 7) is 3.67. The molecule has 2 saturated heterocycles. The van der Waals surface area contributed by atoms with Crippen LogP contribution in [0.15, 0.2) is 78.4 Å². The lowest BCUT2D eigenvalue weighted by molar-refractivity contribution is -0.131. The molecule has 7 rings (SSSR count). The number of carbonyl (C=O) groups is 4. The van der Waals surface area contributed by atoms with Gasteiger partial charge in [-0.25, -0.2) is 9.80 Å². The number of halogens is 1. The molecule has 3 fully saturated rings. The molecular formula is C35H31ClN2O6. The number of hydrogen-bond donors (Lipinski definition) is 1. The molecule has 6 unspecified atom stereocenters. The second kappa shape index (κ2) is 10.1. The highest BCUT2D eigenvalue weighted by atomic mass is 35.5. The molecule has 8 nitrogen and oxygen atoms in total. The average molecular weight is 611 g/mol. The molecule has 4 amide bonds. The highest BCUT2D eigenvalue weighted by Crippen LogP contribution is 2.64. The minimum absolute atomic E-state index is 0.0900. The molecule has 44 heavy (non-hydrogen) atoms. The van der Waals surface area contributed by atoms with E-state index >= 15 is 0 Å². The summed E-state index contributed by atoms with van der Waals surface area (Å²) in [7, 11) is 1.46. The number of amides is 4. The van der Waals surface area contributed by atoms with E-state index in [-0.39, 0.29) is 41.5 Å². The highest BCUT2D eigenvalue weighted by Gasteiger charge is 2.67. The van der Waals surface area contributed by atoms with Crippen molar-refractivity contribution in [3.05, 3.63) is 94.5 Å². The SMILES string of the molecule is COc1ccc(C2C3=CCC4C(=O)N(c5ccc(C)c(Cl)c5)C(=O)C4C3CC3C(=O)N(c4ccccc4)C(=O)C32C)cc1O. The molecule has 1 N–H and O–H groups in total. The molecule has 0 spiro atoms. The third-order valence-electron chi connectivity index (χ3n) is 10.2. The molecule has 0 aromatic heterocycles. The number of carbonyl (C=O) groups excluding carboxylic acids is 4. The number of aryl methyl sites for hydroxylation is 1. The predicted molar refractivity (Wildman–Crippen MR) is 164 cm³/mol. The number of benzene rings is 3. The number of allylic oxidation sites excluding steroid dienone is 2. The smallest absolute Gasteiger partial charge is 0.241 e. The van der Waals surface area contributed by atoms with Gasteiger partial charge in [-0.1, -0.05) is 53.6 Å². The molecule has 4 aliphatic rings. The monoisotopic (exact) mass is 610 g/mol. The fraction of sp³-hybridized carbons (Fsp3) is 0.314. The van der Waals surface area contributed by atoms with Crippen LogP contribution >= 0.6 is 11.6 Å². The van der Waals surface area contributed by atoms with Gasteiger partial charge in [0.2, 0.25) is 23.6 Å². The van der Waals surface area contributed by atoms with Gasteiger partial charge in [-0.15, -0.1) is 0 Å². The zero-order valence-corrected chi connectivity index (χ0v) is 25.2. The summed E-state index contributed by atoms with van der Waals surface area (Å²) in [6.07, 6.45) is 2.55. The quantitative estimate of drug-likeness (QED) is 0.296. The van der Waals surface area contributed by atoms with Crippen LogP contribution in [-0.2, 0) is 19.2 Å². The van der Waals surface area contributed by atoms with Crippen molar-refractivity contribution in [2.75, 3.05) is 16.9 Å². The van der Waals surface area contributed by atoms with E-state index in [1.807, 2.05) is 26.0 Å². The Kier molecular flexibility index (Phi) is 6.48. The Balaban J connectivity index is 1.37. The fourth-order valence-electron chi connectivity index (χ4n) is 8.08. The van der Waals surface area contributed by atoms with E-state index in [2.05, 4.69) is 0 Å². The Morgan fingerprint density at radius 1 is 0.886 bits per heavy atom. The molecule has 3 aromatic rings. The van der Waals surface area contributed by atoms with Crippen LogP contribution in [0.1, 0.15) is 36.8 Å². The first kappa shape index (κ1) is 28.3. The van der Waals surface area contributed by atoms with Gasteiger partial charge in [0.15, 0.2) is 11.5 Å². The van der Waals surface area contributed by atoms with Crippen molar-refractivity contribution in [3.63, 3.8) is 0 Å². The molecule has 3 aromatic carbocycles. The fourth-order valence-corrected chi connectivity index (χ4v) is 8.26. The summed E-state index contributed by atoms with van der Waals surface area (Å²) in [6, 6.07) is 19.0. The second-order valence-electron chi connectivity index (χ2n) is 12.4. The van der Waals surface area contributed by atoms with Crippen LogP contribution in [0.2, 0.25) is 5.02 Å². The number of imide groups is 2. The van der Waals surface area contributed by atoms with Crippen molar-refractivity contribution in [2.24, 2.45) is 29.1 Å². The summed E-state index contributed by atoms with van der Waals surface area (Å²) in [4.78, 5) is 59.1. The van der Waals surface area contributed by atoms with E-state index in [9.17, 15) is 24.3 Å². The van der Waals surface area contributed by atoms with Crippen molar-refractivity contribution in [1.29, 1.82) is 0 Å². The van der Waals surface area contributed by atoms with Crippen LogP contribution in [0.3, 0.4) is 0 Å². The maximum Gasteiger partial charge on any atom is 0.241 e. The maximum atomic E-state index is 14.4. The van der Waals surface area contributed by atoms with E-state index in [0.29, 0.717) is 28.4 Å². The number of methoxy groups -OCH3 is 1. The zero-order valence-electron chi connectivity index (χ0n) is 24.5. The third-order valence-corrected chi connectivity index (χ3v) is 10.6. The first-order valence-electron chi connectivity index (χ1n) is 14.7. The largest absolute Gasteiger partial charge is 0.504 e. The van der Waals surface area contributed by atoms with Crippen molar-refractivity contribution in [3.8, 4) is 11.5 Å². The number of rotatable bonds is 4. The first-order chi connectivity index (χ1) is 21.1.